The third-order valence-corrected chi connectivity index (χ3v) is 5.30. The van der Waals surface area contributed by atoms with Crippen molar-refractivity contribution in [2.75, 3.05) is 19.5 Å². The summed E-state index contributed by atoms with van der Waals surface area (Å²) in [4.78, 5) is 0. The molecule has 0 amide bonds. The Morgan fingerprint density at radius 2 is 2.20 bits per heavy atom. The predicted molar refractivity (Wildman–Crippen MR) is 64.3 cm³/mol. The Kier molecular flexibility index (Phi) is 4.74. The fraction of sp³-hybridized carbons (Fsp3) is 1.00. The quantitative estimate of drug-likeness (QED) is 0.728. The second kappa shape index (κ2) is 5.41. The third kappa shape index (κ3) is 3.26. The summed E-state index contributed by atoms with van der Waals surface area (Å²) in [5.74, 6) is 0.724. The van der Waals surface area contributed by atoms with Gasteiger partial charge in [-0.2, -0.15) is 0 Å². The molecule has 0 spiro atoms. The minimum Gasteiger partial charge on any atom is -0.385 e. The van der Waals surface area contributed by atoms with Crippen molar-refractivity contribution in [1.29, 1.82) is 0 Å². The average molecular weight is 233 g/mol. The van der Waals surface area contributed by atoms with Gasteiger partial charge in [-0.25, -0.2) is 0 Å². The van der Waals surface area contributed by atoms with E-state index in [0.29, 0.717) is 6.61 Å². The van der Waals surface area contributed by atoms with Crippen molar-refractivity contribution >= 4 is 10.8 Å². The number of hydrogen-bond donors (Lipinski definition) is 1. The summed E-state index contributed by atoms with van der Waals surface area (Å²) in [6.07, 6.45) is 2.97. The summed E-state index contributed by atoms with van der Waals surface area (Å²) in [5.41, 5.74) is 6.29. The number of rotatable bonds is 5. The molecule has 15 heavy (non-hydrogen) atoms. The zero-order valence-electron chi connectivity index (χ0n) is 9.99. The molecular formula is C11H23NO2S. The SMILES string of the molecule is COCCCS(=O)C1CCC(C)(C)C1N. The van der Waals surface area contributed by atoms with Crippen LogP contribution in [-0.4, -0.2) is 35.0 Å². The Labute approximate surface area is 95.2 Å². The monoisotopic (exact) mass is 233 g/mol. The second-order valence-corrected chi connectivity index (χ2v) is 6.80. The van der Waals surface area contributed by atoms with Crippen molar-refractivity contribution in [2.45, 2.75) is 44.4 Å². The van der Waals surface area contributed by atoms with Crippen LogP contribution < -0.4 is 5.73 Å². The predicted octanol–water partition coefficient (Wildman–Crippen LogP) is 1.29. The first-order chi connectivity index (χ1) is 6.99. The number of methoxy groups -OCH3 is 1. The molecule has 1 fully saturated rings. The van der Waals surface area contributed by atoms with E-state index in [-0.39, 0.29) is 16.7 Å². The molecule has 1 rings (SSSR count). The van der Waals surface area contributed by atoms with Gasteiger partial charge in [0.2, 0.25) is 0 Å². The van der Waals surface area contributed by atoms with E-state index >= 15 is 0 Å². The summed E-state index contributed by atoms with van der Waals surface area (Å²) in [6, 6.07) is 0.0841. The van der Waals surface area contributed by atoms with Crippen LogP contribution in [0.3, 0.4) is 0 Å². The molecule has 0 heterocycles. The molecule has 1 aliphatic carbocycles. The first kappa shape index (κ1) is 13.1. The van der Waals surface area contributed by atoms with E-state index in [1.165, 1.54) is 0 Å². The topological polar surface area (TPSA) is 52.3 Å². The first-order valence-corrected chi connectivity index (χ1v) is 6.99. The van der Waals surface area contributed by atoms with Crippen LogP contribution in [0.15, 0.2) is 0 Å². The minimum absolute atomic E-state index is 0.0841. The fourth-order valence-corrected chi connectivity index (χ4v) is 3.94. The summed E-state index contributed by atoms with van der Waals surface area (Å²) < 4.78 is 17.0. The Balaban J connectivity index is 2.41. The van der Waals surface area contributed by atoms with E-state index in [4.69, 9.17) is 10.5 Å². The van der Waals surface area contributed by atoms with E-state index in [1.807, 2.05) is 0 Å². The zero-order valence-corrected chi connectivity index (χ0v) is 10.8. The Morgan fingerprint density at radius 1 is 1.53 bits per heavy atom. The first-order valence-electron chi connectivity index (χ1n) is 5.61. The lowest BCUT2D eigenvalue weighted by Gasteiger charge is -2.26. The minimum atomic E-state index is -0.779. The van der Waals surface area contributed by atoms with Gasteiger partial charge < -0.3 is 10.5 Å². The molecule has 3 atom stereocenters. The molecule has 0 aromatic heterocycles. The van der Waals surface area contributed by atoms with Crippen molar-refractivity contribution < 1.29 is 8.95 Å². The highest BCUT2D eigenvalue weighted by atomic mass is 32.2. The summed E-state index contributed by atoms with van der Waals surface area (Å²) in [5, 5.41) is 0.192. The molecule has 0 bridgehead atoms. The van der Waals surface area contributed by atoms with E-state index in [9.17, 15) is 4.21 Å². The highest BCUT2D eigenvalue weighted by Crippen LogP contribution is 2.38. The van der Waals surface area contributed by atoms with Crippen molar-refractivity contribution in [3.8, 4) is 0 Å². The fourth-order valence-electron chi connectivity index (χ4n) is 2.16. The van der Waals surface area contributed by atoms with Gasteiger partial charge in [0, 0.05) is 36.3 Å². The summed E-state index contributed by atoms with van der Waals surface area (Å²) in [7, 11) is 0.895. The number of nitrogens with two attached hydrogens (primary N) is 1. The molecule has 4 heteroatoms. The van der Waals surface area contributed by atoms with Crippen LogP contribution in [-0.2, 0) is 15.5 Å². The van der Waals surface area contributed by atoms with Crippen LogP contribution in [0.5, 0.6) is 0 Å². The average Bonchev–Trinajstić information content (AvgIpc) is 2.43. The molecule has 90 valence electrons. The highest BCUT2D eigenvalue weighted by molar-refractivity contribution is 7.85. The molecule has 3 unspecified atom stereocenters. The van der Waals surface area contributed by atoms with E-state index in [2.05, 4.69) is 13.8 Å². The van der Waals surface area contributed by atoms with Gasteiger partial charge in [-0.15, -0.1) is 0 Å². The van der Waals surface area contributed by atoms with Crippen molar-refractivity contribution in [3.05, 3.63) is 0 Å². The molecule has 0 saturated heterocycles. The molecule has 1 aliphatic rings. The van der Waals surface area contributed by atoms with Crippen LogP contribution in [0.1, 0.15) is 33.1 Å². The van der Waals surface area contributed by atoms with Crippen LogP contribution in [0, 0.1) is 5.41 Å². The van der Waals surface area contributed by atoms with Gasteiger partial charge in [-0.1, -0.05) is 13.8 Å². The molecule has 0 aliphatic heterocycles. The van der Waals surface area contributed by atoms with Gasteiger partial charge in [0.15, 0.2) is 0 Å². The standard InChI is InChI=1S/C11H23NO2S/c1-11(2)6-5-9(10(11)12)15(13)8-4-7-14-3/h9-10H,4-8,12H2,1-3H3. The van der Waals surface area contributed by atoms with Gasteiger partial charge in [0.05, 0.1) is 5.25 Å². The lowest BCUT2D eigenvalue weighted by molar-refractivity contribution is 0.200. The molecule has 0 radical (unpaired) electrons. The maximum absolute atomic E-state index is 12.0. The lowest BCUT2D eigenvalue weighted by atomic mass is 9.88. The Hall–Kier alpha value is 0.0700. The summed E-state index contributed by atoms with van der Waals surface area (Å²) in [6.45, 7) is 5.03. The normalized spacial score (nSPS) is 31.7. The van der Waals surface area contributed by atoms with Crippen LogP contribution in [0.4, 0.5) is 0 Å². The smallest absolute Gasteiger partial charge is 0.0504 e. The van der Waals surface area contributed by atoms with Gasteiger partial charge >= 0.3 is 0 Å². The van der Waals surface area contributed by atoms with Gasteiger partial charge in [-0.05, 0) is 24.7 Å². The van der Waals surface area contributed by atoms with Crippen LogP contribution in [0.25, 0.3) is 0 Å². The van der Waals surface area contributed by atoms with Crippen molar-refractivity contribution in [3.63, 3.8) is 0 Å². The van der Waals surface area contributed by atoms with Gasteiger partial charge in [-0.3, -0.25) is 4.21 Å². The number of ether oxygens (including phenoxy) is 1. The zero-order chi connectivity index (χ0) is 11.5. The maximum Gasteiger partial charge on any atom is 0.0504 e. The molecule has 2 N–H and O–H groups in total. The van der Waals surface area contributed by atoms with Crippen LogP contribution in [0.2, 0.25) is 0 Å². The van der Waals surface area contributed by atoms with Gasteiger partial charge in [0.25, 0.3) is 0 Å². The van der Waals surface area contributed by atoms with Crippen LogP contribution >= 0.6 is 0 Å². The molecule has 0 aromatic rings. The molecular weight excluding hydrogens is 210 g/mol. The third-order valence-electron chi connectivity index (χ3n) is 3.41. The van der Waals surface area contributed by atoms with Gasteiger partial charge in [0.1, 0.15) is 0 Å². The second-order valence-electron chi connectivity index (χ2n) is 5.02. The number of hydrogen-bond acceptors (Lipinski definition) is 3. The van der Waals surface area contributed by atoms with E-state index < -0.39 is 10.8 Å². The molecule has 1 saturated carbocycles. The Bertz CT molecular complexity index is 231. The maximum atomic E-state index is 12.0. The lowest BCUT2D eigenvalue weighted by Crippen LogP contribution is -2.42. The van der Waals surface area contributed by atoms with E-state index in [1.54, 1.807) is 7.11 Å². The Morgan fingerprint density at radius 3 is 2.67 bits per heavy atom. The van der Waals surface area contributed by atoms with Crippen molar-refractivity contribution in [1.82, 2.24) is 0 Å². The molecule has 0 aromatic carbocycles. The van der Waals surface area contributed by atoms with E-state index in [0.717, 1.165) is 25.0 Å². The highest BCUT2D eigenvalue weighted by Gasteiger charge is 2.41. The van der Waals surface area contributed by atoms with Crippen molar-refractivity contribution in [2.24, 2.45) is 11.1 Å². The largest absolute Gasteiger partial charge is 0.385 e. The summed E-state index contributed by atoms with van der Waals surface area (Å²) >= 11 is 0. The molecule has 3 nitrogen and oxygen atoms in total.